The number of aromatic nitrogens is 2. The van der Waals surface area contributed by atoms with Gasteiger partial charge in [0.25, 0.3) is 0 Å². The number of methoxy groups -OCH3 is 2. The van der Waals surface area contributed by atoms with Crippen LogP contribution in [0, 0.1) is 11.3 Å². The number of carbonyl (C=O) groups is 1. The summed E-state index contributed by atoms with van der Waals surface area (Å²) in [5.41, 5.74) is 1.41. The molecular formula is C21H19F2N3O4. The molecule has 0 unspecified atom stereocenters. The number of nitriles is 1. The van der Waals surface area contributed by atoms with E-state index in [0.29, 0.717) is 16.9 Å². The Balaban J connectivity index is 2.19. The number of alkyl halides is 2. The van der Waals surface area contributed by atoms with E-state index in [9.17, 15) is 18.8 Å². The molecule has 2 heterocycles. The summed E-state index contributed by atoms with van der Waals surface area (Å²) in [5.74, 6) is -1.22. The van der Waals surface area contributed by atoms with E-state index in [4.69, 9.17) is 4.74 Å². The topological polar surface area (TPSA) is 85.9 Å². The molecule has 0 radical (unpaired) electrons. The van der Waals surface area contributed by atoms with Gasteiger partial charge in [-0.25, -0.2) is 9.78 Å². The van der Waals surface area contributed by atoms with E-state index < -0.39 is 18.0 Å². The van der Waals surface area contributed by atoms with Crippen molar-refractivity contribution in [3.8, 4) is 28.8 Å². The molecule has 0 atom stereocenters. The number of pyridine rings is 1. The van der Waals surface area contributed by atoms with Crippen LogP contribution in [0.4, 0.5) is 8.78 Å². The van der Waals surface area contributed by atoms with Crippen LogP contribution < -0.4 is 9.47 Å². The van der Waals surface area contributed by atoms with Crippen molar-refractivity contribution in [3.63, 3.8) is 0 Å². The number of fused-ring (bicyclic) bond motifs is 1. The molecule has 0 saturated carbocycles. The Kier molecular flexibility index (Phi) is 5.60. The summed E-state index contributed by atoms with van der Waals surface area (Å²) in [6.07, 6.45) is 3.29. The molecule has 0 aliphatic carbocycles. The zero-order valence-electron chi connectivity index (χ0n) is 16.8. The van der Waals surface area contributed by atoms with Crippen LogP contribution in [-0.2, 0) is 10.2 Å². The van der Waals surface area contributed by atoms with Gasteiger partial charge in [0.15, 0.2) is 0 Å². The first-order valence-electron chi connectivity index (χ1n) is 8.86. The van der Waals surface area contributed by atoms with Crippen LogP contribution >= 0.6 is 0 Å². The van der Waals surface area contributed by atoms with E-state index in [-0.39, 0.29) is 17.1 Å². The van der Waals surface area contributed by atoms with Crippen molar-refractivity contribution in [2.75, 3.05) is 14.2 Å². The number of imidazole rings is 1. The Labute approximate surface area is 171 Å². The van der Waals surface area contributed by atoms with Crippen LogP contribution in [0.2, 0.25) is 0 Å². The summed E-state index contributed by atoms with van der Waals surface area (Å²) >= 11 is 0. The molecule has 30 heavy (non-hydrogen) atoms. The molecule has 0 fully saturated rings. The number of hydrogen-bond donors (Lipinski definition) is 0. The molecule has 0 amide bonds. The Morgan fingerprint density at radius 1 is 1.23 bits per heavy atom. The molecule has 3 rings (SSSR count). The molecule has 3 aromatic rings. The van der Waals surface area contributed by atoms with Crippen LogP contribution in [0.1, 0.15) is 29.8 Å². The van der Waals surface area contributed by atoms with Crippen LogP contribution in [0.25, 0.3) is 16.9 Å². The molecule has 156 valence electrons. The number of rotatable bonds is 6. The minimum absolute atomic E-state index is 0.0205. The Morgan fingerprint density at radius 3 is 2.53 bits per heavy atom. The molecule has 0 aliphatic heterocycles. The zero-order chi connectivity index (χ0) is 22.1. The summed E-state index contributed by atoms with van der Waals surface area (Å²) in [6, 6.07) is 8.63. The highest BCUT2D eigenvalue weighted by Gasteiger charge is 2.25. The van der Waals surface area contributed by atoms with Gasteiger partial charge in [-0.2, -0.15) is 14.0 Å². The van der Waals surface area contributed by atoms with Crippen LogP contribution in [-0.4, -0.2) is 36.2 Å². The number of esters is 1. The Bertz CT molecular complexity index is 1150. The van der Waals surface area contributed by atoms with Crippen molar-refractivity contribution in [3.05, 3.63) is 47.8 Å². The van der Waals surface area contributed by atoms with Crippen LogP contribution in [0.5, 0.6) is 11.5 Å². The number of ether oxygens (including phenoxy) is 3. The molecule has 0 N–H and O–H groups in total. The van der Waals surface area contributed by atoms with E-state index in [1.54, 1.807) is 42.8 Å². The maximum atomic E-state index is 13.0. The number of benzene rings is 1. The third-order valence-electron chi connectivity index (χ3n) is 4.70. The van der Waals surface area contributed by atoms with Crippen molar-refractivity contribution in [2.24, 2.45) is 0 Å². The molecule has 0 spiro atoms. The fourth-order valence-electron chi connectivity index (χ4n) is 3.04. The smallest absolute Gasteiger partial charge is 0.387 e. The fourth-order valence-corrected chi connectivity index (χ4v) is 3.04. The SMILES string of the molecule is COC(=O)c1c(OC)cc(-c2cnc3cc(C(C)(C)C#N)ccn23)cc1OC(F)F. The second-order valence-corrected chi connectivity index (χ2v) is 6.95. The van der Waals surface area contributed by atoms with Crippen molar-refractivity contribution < 1.29 is 27.8 Å². The third kappa shape index (κ3) is 3.76. The maximum Gasteiger partial charge on any atom is 0.387 e. The van der Waals surface area contributed by atoms with Crippen molar-refractivity contribution in [1.82, 2.24) is 9.38 Å². The molecule has 0 saturated heterocycles. The van der Waals surface area contributed by atoms with E-state index in [2.05, 4.69) is 20.5 Å². The van der Waals surface area contributed by atoms with Gasteiger partial charge in [0.1, 0.15) is 22.7 Å². The average Bonchev–Trinajstić information content (AvgIpc) is 3.15. The summed E-state index contributed by atoms with van der Waals surface area (Å²) in [7, 11) is 2.44. The quantitative estimate of drug-likeness (QED) is 0.561. The lowest BCUT2D eigenvalue weighted by Crippen LogP contribution is -2.14. The summed E-state index contributed by atoms with van der Waals surface area (Å²) < 4.78 is 42.1. The van der Waals surface area contributed by atoms with E-state index in [1.165, 1.54) is 19.2 Å². The summed E-state index contributed by atoms with van der Waals surface area (Å²) in [5, 5.41) is 9.35. The second-order valence-electron chi connectivity index (χ2n) is 6.95. The highest BCUT2D eigenvalue weighted by atomic mass is 19.3. The number of hydrogen-bond acceptors (Lipinski definition) is 6. The predicted octanol–water partition coefficient (Wildman–Crippen LogP) is 4.20. The number of halogens is 2. The standard InChI is InChI=1S/C21H19F2N3O4/c1-21(2,11-24)13-5-6-26-14(10-25-17(26)9-13)12-7-15(28-3)18(19(27)29-4)16(8-12)30-20(22)23/h5-10,20H,1-4H3. The second kappa shape index (κ2) is 7.99. The first-order valence-corrected chi connectivity index (χ1v) is 8.86. The highest BCUT2D eigenvalue weighted by Crippen LogP contribution is 2.37. The van der Waals surface area contributed by atoms with E-state index in [0.717, 1.165) is 12.7 Å². The van der Waals surface area contributed by atoms with E-state index >= 15 is 0 Å². The van der Waals surface area contributed by atoms with E-state index in [1.807, 2.05) is 0 Å². The Morgan fingerprint density at radius 2 is 1.93 bits per heavy atom. The van der Waals surface area contributed by atoms with Gasteiger partial charge in [-0.3, -0.25) is 4.40 Å². The molecule has 0 aliphatic rings. The van der Waals surface area contributed by atoms with Gasteiger partial charge >= 0.3 is 12.6 Å². The zero-order valence-corrected chi connectivity index (χ0v) is 16.8. The first kappa shape index (κ1) is 21.0. The van der Waals surface area contributed by atoms with Gasteiger partial charge in [0, 0.05) is 11.8 Å². The van der Waals surface area contributed by atoms with Gasteiger partial charge in [0.05, 0.1) is 37.6 Å². The lowest BCUT2D eigenvalue weighted by Gasteiger charge is -2.16. The van der Waals surface area contributed by atoms with Crippen LogP contribution in [0.15, 0.2) is 36.7 Å². The van der Waals surface area contributed by atoms with Crippen molar-refractivity contribution in [2.45, 2.75) is 25.9 Å². The molecular weight excluding hydrogens is 396 g/mol. The van der Waals surface area contributed by atoms with Gasteiger partial charge in [-0.05, 0) is 43.7 Å². The third-order valence-corrected chi connectivity index (χ3v) is 4.70. The molecule has 2 aromatic heterocycles. The lowest BCUT2D eigenvalue weighted by atomic mass is 9.87. The van der Waals surface area contributed by atoms with Gasteiger partial charge in [0.2, 0.25) is 0 Å². The molecule has 0 bridgehead atoms. The fraction of sp³-hybridized carbons (Fsp3) is 0.286. The van der Waals surface area contributed by atoms with Gasteiger partial charge < -0.3 is 14.2 Å². The predicted molar refractivity (Wildman–Crippen MR) is 104 cm³/mol. The maximum absolute atomic E-state index is 13.0. The average molecular weight is 415 g/mol. The van der Waals surface area contributed by atoms with Crippen LogP contribution in [0.3, 0.4) is 0 Å². The Hall–Kier alpha value is -3.67. The summed E-state index contributed by atoms with van der Waals surface area (Å²) in [6.45, 7) is 0.450. The molecule has 7 nitrogen and oxygen atoms in total. The minimum atomic E-state index is -3.15. The van der Waals surface area contributed by atoms with Crippen molar-refractivity contribution >= 4 is 11.6 Å². The number of carbonyl (C=O) groups excluding carboxylic acids is 1. The monoisotopic (exact) mass is 415 g/mol. The van der Waals surface area contributed by atoms with Gasteiger partial charge in [-0.1, -0.05) is 0 Å². The molecule has 1 aromatic carbocycles. The molecule has 9 heteroatoms. The normalized spacial score (nSPS) is 11.4. The van der Waals surface area contributed by atoms with Gasteiger partial charge in [-0.15, -0.1) is 0 Å². The number of nitrogens with zero attached hydrogens (tertiary/aromatic N) is 3. The van der Waals surface area contributed by atoms with Crippen molar-refractivity contribution in [1.29, 1.82) is 5.26 Å². The highest BCUT2D eigenvalue weighted by molar-refractivity contribution is 5.96. The summed E-state index contributed by atoms with van der Waals surface area (Å²) in [4.78, 5) is 16.5. The largest absolute Gasteiger partial charge is 0.496 e. The minimum Gasteiger partial charge on any atom is -0.496 e. The first-order chi connectivity index (χ1) is 14.2. The lowest BCUT2D eigenvalue weighted by molar-refractivity contribution is -0.0504.